The molecule has 0 amide bonds. The molecule has 2 N–H and O–H groups in total. The SMILES string of the molecule is OC(CNc1ccc(OC(F)F)cc1)c1cccs1. The van der Waals surface area contributed by atoms with Crippen LogP contribution in [0.4, 0.5) is 14.5 Å². The number of rotatable bonds is 6. The summed E-state index contributed by atoms with van der Waals surface area (Å²) in [7, 11) is 0. The number of alkyl halides is 2. The van der Waals surface area contributed by atoms with Gasteiger partial charge in [-0.05, 0) is 35.7 Å². The van der Waals surface area contributed by atoms with Crippen LogP contribution in [0.1, 0.15) is 11.0 Å². The van der Waals surface area contributed by atoms with E-state index in [0.29, 0.717) is 6.54 Å². The van der Waals surface area contributed by atoms with Crippen LogP contribution in [-0.4, -0.2) is 18.3 Å². The summed E-state index contributed by atoms with van der Waals surface area (Å²) >= 11 is 1.48. The molecule has 102 valence electrons. The van der Waals surface area contributed by atoms with E-state index in [0.717, 1.165) is 10.6 Å². The van der Waals surface area contributed by atoms with E-state index in [-0.39, 0.29) is 5.75 Å². The molecule has 1 aromatic carbocycles. The summed E-state index contributed by atoms with van der Waals surface area (Å²) in [6.07, 6.45) is -0.586. The topological polar surface area (TPSA) is 41.5 Å². The van der Waals surface area contributed by atoms with Crippen LogP contribution in [0.5, 0.6) is 5.75 Å². The highest BCUT2D eigenvalue weighted by molar-refractivity contribution is 7.10. The molecule has 3 nitrogen and oxygen atoms in total. The first-order chi connectivity index (χ1) is 9.15. The van der Waals surface area contributed by atoms with Gasteiger partial charge in [-0.15, -0.1) is 11.3 Å². The van der Waals surface area contributed by atoms with Crippen molar-refractivity contribution < 1.29 is 18.6 Å². The second kappa shape index (κ2) is 6.49. The lowest BCUT2D eigenvalue weighted by molar-refractivity contribution is -0.0498. The monoisotopic (exact) mass is 285 g/mol. The van der Waals surface area contributed by atoms with Crippen molar-refractivity contribution >= 4 is 17.0 Å². The molecule has 0 saturated carbocycles. The molecule has 0 saturated heterocycles. The molecular weight excluding hydrogens is 272 g/mol. The molecule has 0 radical (unpaired) electrons. The minimum atomic E-state index is -2.82. The van der Waals surface area contributed by atoms with Gasteiger partial charge in [-0.1, -0.05) is 6.07 Å². The van der Waals surface area contributed by atoms with Gasteiger partial charge in [-0.2, -0.15) is 8.78 Å². The van der Waals surface area contributed by atoms with E-state index in [1.54, 1.807) is 12.1 Å². The number of nitrogens with one attached hydrogen (secondary N) is 1. The van der Waals surface area contributed by atoms with Crippen molar-refractivity contribution in [3.8, 4) is 5.75 Å². The van der Waals surface area contributed by atoms with Crippen LogP contribution in [0.25, 0.3) is 0 Å². The number of ether oxygens (including phenoxy) is 1. The average Bonchev–Trinajstić information content (AvgIpc) is 2.91. The Hall–Kier alpha value is -1.66. The highest BCUT2D eigenvalue weighted by atomic mass is 32.1. The molecule has 0 spiro atoms. The zero-order valence-corrected chi connectivity index (χ0v) is 10.7. The maximum atomic E-state index is 12.0. The second-order valence-electron chi connectivity index (χ2n) is 3.81. The lowest BCUT2D eigenvalue weighted by Crippen LogP contribution is -2.11. The Kier molecular flexibility index (Phi) is 4.70. The third-order valence-corrected chi connectivity index (χ3v) is 3.42. The third kappa shape index (κ3) is 4.18. The minimum absolute atomic E-state index is 0.111. The first kappa shape index (κ1) is 13.8. The van der Waals surface area contributed by atoms with Crippen LogP contribution in [0, 0.1) is 0 Å². The maximum absolute atomic E-state index is 12.0. The number of thiophene rings is 1. The molecule has 2 aromatic rings. The van der Waals surface area contributed by atoms with Gasteiger partial charge in [0.05, 0.1) is 0 Å². The molecule has 0 aliphatic carbocycles. The summed E-state index contributed by atoms with van der Waals surface area (Å²) in [5.74, 6) is 0.111. The van der Waals surface area contributed by atoms with E-state index in [1.165, 1.54) is 23.5 Å². The van der Waals surface area contributed by atoms with Gasteiger partial charge >= 0.3 is 6.61 Å². The van der Waals surface area contributed by atoms with Crippen molar-refractivity contribution in [1.29, 1.82) is 0 Å². The predicted molar refractivity (Wildman–Crippen MR) is 70.8 cm³/mol. The Bertz CT molecular complexity index is 488. The summed E-state index contributed by atoms with van der Waals surface area (Å²) < 4.78 is 28.2. The third-order valence-electron chi connectivity index (χ3n) is 2.45. The minimum Gasteiger partial charge on any atom is -0.435 e. The van der Waals surface area contributed by atoms with E-state index < -0.39 is 12.7 Å². The molecule has 0 fully saturated rings. The van der Waals surface area contributed by atoms with Crippen LogP contribution in [0.2, 0.25) is 0 Å². The Morgan fingerprint density at radius 1 is 1.21 bits per heavy atom. The predicted octanol–water partition coefficient (Wildman–Crippen LogP) is 3.50. The van der Waals surface area contributed by atoms with Gasteiger partial charge in [0.1, 0.15) is 11.9 Å². The van der Waals surface area contributed by atoms with Gasteiger partial charge in [0.2, 0.25) is 0 Å². The fourth-order valence-electron chi connectivity index (χ4n) is 1.55. The zero-order valence-electron chi connectivity index (χ0n) is 9.92. The van der Waals surface area contributed by atoms with Crippen LogP contribution in [-0.2, 0) is 0 Å². The normalized spacial score (nSPS) is 12.4. The summed E-state index contributed by atoms with van der Waals surface area (Å²) in [5.41, 5.74) is 0.734. The fourth-order valence-corrected chi connectivity index (χ4v) is 2.26. The Morgan fingerprint density at radius 2 is 1.95 bits per heavy atom. The maximum Gasteiger partial charge on any atom is 0.387 e. The molecule has 1 atom stereocenters. The van der Waals surface area contributed by atoms with Crippen molar-refractivity contribution in [3.05, 3.63) is 46.7 Å². The largest absolute Gasteiger partial charge is 0.435 e. The molecule has 19 heavy (non-hydrogen) atoms. The number of aliphatic hydroxyl groups excluding tert-OH is 1. The summed E-state index contributed by atoms with van der Waals surface area (Å²) in [6.45, 7) is -2.46. The fraction of sp³-hybridized carbons (Fsp3) is 0.231. The van der Waals surface area contributed by atoms with Gasteiger partial charge in [-0.25, -0.2) is 0 Å². The van der Waals surface area contributed by atoms with Gasteiger partial charge in [0.15, 0.2) is 0 Å². The first-order valence-electron chi connectivity index (χ1n) is 5.65. The number of anilines is 1. The lowest BCUT2D eigenvalue weighted by Gasteiger charge is -2.12. The highest BCUT2D eigenvalue weighted by Crippen LogP contribution is 2.21. The van der Waals surface area contributed by atoms with E-state index in [1.807, 2.05) is 17.5 Å². The van der Waals surface area contributed by atoms with E-state index >= 15 is 0 Å². The molecular formula is C13H13F2NO2S. The van der Waals surface area contributed by atoms with Gasteiger partial charge in [-0.3, -0.25) is 0 Å². The summed E-state index contributed by atoms with van der Waals surface area (Å²) in [5, 5.41) is 14.8. The van der Waals surface area contributed by atoms with Crippen molar-refractivity contribution in [3.63, 3.8) is 0 Å². The number of aliphatic hydroxyl groups is 1. The first-order valence-corrected chi connectivity index (χ1v) is 6.53. The number of hydrogen-bond donors (Lipinski definition) is 2. The average molecular weight is 285 g/mol. The molecule has 0 aliphatic heterocycles. The molecule has 0 aliphatic rings. The Balaban J connectivity index is 1.86. The van der Waals surface area contributed by atoms with E-state index in [9.17, 15) is 13.9 Å². The number of benzene rings is 1. The molecule has 1 heterocycles. The molecule has 2 rings (SSSR count). The van der Waals surface area contributed by atoms with Crippen molar-refractivity contribution in [1.82, 2.24) is 0 Å². The van der Waals surface area contributed by atoms with Gasteiger partial charge in [0.25, 0.3) is 0 Å². The van der Waals surface area contributed by atoms with Crippen molar-refractivity contribution in [2.75, 3.05) is 11.9 Å². The van der Waals surface area contributed by atoms with E-state index in [4.69, 9.17) is 0 Å². The highest BCUT2D eigenvalue weighted by Gasteiger charge is 2.08. The lowest BCUT2D eigenvalue weighted by atomic mass is 10.2. The van der Waals surface area contributed by atoms with Crippen LogP contribution in [0.3, 0.4) is 0 Å². The number of halogens is 2. The smallest absolute Gasteiger partial charge is 0.387 e. The van der Waals surface area contributed by atoms with E-state index in [2.05, 4.69) is 10.1 Å². The molecule has 0 bridgehead atoms. The summed E-state index contributed by atoms with van der Waals surface area (Å²) in [4.78, 5) is 0.880. The molecule has 1 unspecified atom stereocenters. The zero-order chi connectivity index (χ0) is 13.7. The van der Waals surface area contributed by atoms with Gasteiger partial charge in [0, 0.05) is 17.1 Å². The quantitative estimate of drug-likeness (QED) is 0.853. The van der Waals surface area contributed by atoms with Crippen LogP contribution >= 0.6 is 11.3 Å². The second-order valence-corrected chi connectivity index (χ2v) is 4.79. The Labute approximate surface area is 113 Å². The Morgan fingerprint density at radius 3 is 2.53 bits per heavy atom. The van der Waals surface area contributed by atoms with Crippen molar-refractivity contribution in [2.45, 2.75) is 12.7 Å². The molecule has 1 aromatic heterocycles. The van der Waals surface area contributed by atoms with Gasteiger partial charge < -0.3 is 15.2 Å². The van der Waals surface area contributed by atoms with Crippen molar-refractivity contribution in [2.24, 2.45) is 0 Å². The summed E-state index contributed by atoms with van der Waals surface area (Å²) in [6, 6.07) is 9.88. The van der Waals surface area contributed by atoms with Crippen LogP contribution < -0.4 is 10.1 Å². The standard InChI is InChI=1S/C13H13F2NO2S/c14-13(15)18-10-5-3-9(4-6-10)16-8-11(17)12-2-1-7-19-12/h1-7,11,13,16-17H,8H2. The van der Waals surface area contributed by atoms with Crippen LogP contribution in [0.15, 0.2) is 41.8 Å². The number of hydrogen-bond acceptors (Lipinski definition) is 4. The molecule has 6 heteroatoms.